The summed E-state index contributed by atoms with van der Waals surface area (Å²) < 4.78 is 11.2. The molecule has 138 valence electrons. The maximum Gasteiger partial charge on any atom is 0.316 e. The van der Waals surface area contributed by atoms with Crippen LogP contribution in [0.3, 0.4) is 0 Å². The van der Waals surface area contributed by atoms with Gasteiger partial charge in [0.2, 0.25) is 0 Å². The molecule has 1 fully saturated rings. The maximum absolute atomic E-state index is 12.4. The van der Waals surface area contributed by atoms with Gasteiger partial charge in [-0.2, -0.15) is 0 Å². The summed E-state index contributed by atoms with van der Waals surface area (Å²) in [5.74, 6) is 0.283. The number of amides is 1. The van der Waals surface area contributed by atoms with Crippen LogP contribution >= 0.6 is 34.8 Å². The molecular formula is C17H16Cl3N3O3. The Morgan fingerprint density at radius 3 is 2.69 bits per heavy atom. The van der Waals surface area contributed by atoms with E-state index in [4.69, 9.17) is 44.3 Å². The zero-order chi connectivity index (χ0) is 18.5. The molecular weight excluding hydrogens is 401 g/mol. The Morgan fingerprint density at radius 1 is 1.19 bits per heavy atom. The van der Waals surface area contributed by atoms with Gasteiger partial charge in [0, 0.05) is 11.6 Å². The van der Waals surface area contributed by atoms with Crippen molar-refractivity contribution in [3.63, 3.8) is 0 Å². The molecule has 3 rings (SSSR count). The summed E-state index contributed by atoms with van der Waals surface area (Å²) in [6, 6.07) is 5.11. The summed E-state index contributed by atoms with van der Waals surface area (Å²) in [7, 11) is 0. The first-order chi connectivity index (χ1) is 12.5. The van der Waals surface area contributed by atoms with Crippen molar-refractivity contribution in [2.45, 2.75) is 18.9 Å². The minimum atomic E-state index is -0.173. The number of aromatic nitrogens is 2. The van der Waals surface area contributed by atoms with Gasteiger partial charge in [-0.3, -0.25) is 4.79 Å². The lowest BCUT2D eigenvalue weighted by Gasteiger charge is -2.32. The molecule has 2 heterocycles. The first-order valence-corrected chi connectivity index (χ1v) is 9.14. The Labute approximate surface area is 166 Å². The van der Waals surface area contributed by atoms with Crippen LogP contribution in [0.25, 0.3) is 0 Å². The third kappa shape index (κ3) is 5.13. The molecule has 1 aromatic heterocycles. The van der Waals surface area contributed by atoms with Gasteiger partial charge in [0.25, 0.3) is 5.91 Å². The third-order valence-electron chi connectivity index (χ3n) is 3.84. The Kier molecular flexibility index (Phi) is 6.40. The number of hydrogen-bond donors (Lipinski definition) is 0. The molecule has 0 unspecified atom stereocenters. The fraction of sp³-hybridized carbons (Fsp3) is 0.353. The number of benzene rings is 1. The molecule has 1 aliphatic heterocycles. The van der Waals surface area contributed by atoms with Gasteiger partial charge in [0.15, 0.2) is 6.61 Å². The van der Waals surface area contributed by atoms with Crippen LogP contribution < -0.4 is 9.47 Å². The van der Waals surface area contributed by atoms with Crippen molar-refractivity contribution in [2.24, 2.45) is 0 Å². The zero-order valence-corrected chi connectivity index (χ0v) is 16.0. The average Bonchev–Trinajstić information content (AvgIpc) is 2.63. The highest BCUT2D eigenvalue weighted by Gasteiger charge is 2.26. The summed E-state index contributed by atoms with van der Waals surface area (Å²) in [5, 5.41) is 1.31. The highest BCUT2D eigenvalue weighted by atomic mass is 35.5. The lowest BCUT2D eigenvalue weighted by Crippen LogP contribution is -2.46. The predicted molar refractivity (Wildman–Crippen MR) is 99.2 cm³/mol. The molecule has 1 aromatic carbocycles. The first kappa shape index (κ1) is 19.0. The molecule has 1 atom stereocenters. The van der Waals surface area contributed by atoms with Crippen molar-refractivity contribution in [1.82, 2.24) is 14.9 Å². The molecule has 0 aliphatic carbocycles. The number of piperidine rings is 1. The Morgan fingerprint density at radius 2 is 1.96 bits per heavy atom. The predicted octanol–water partition coefficient (Wildman–Crippen LogP) is 3.89. The second-order valence-electron chi connectivity index (χ2n) is 5.77. The Bertz CT molecular complexity index is 774. The molecule has 0 N–H and O–H groups in total. The molecule has 2 aromatic rings. The van der Waals surface area contributed by atoms with Crippen LogP contribution in [-0.4, -0.2) is 46.6 Å². The van der Waals surface area contributed by atoms with Crippen LogP contribution in [0, 0.1) is 0 Å². The van der Waals surface area contributed by atoms with Crippen LogP contribution in [-0.2, 0) is 4.79 Å². The number of nitrogens with zero attached hydrogens (tertiary/aromatic N) is 3. The number of ether oxygens (including phenoxy) is 2. The number of carbonyl (C=O) groups is 1. The van der Waals surface area contributed by atoms with Crippen molar-refractivity contribution >= 4 is 40.7 Å². The second kappa shape index (κ2) is 8.75. The number of carbonyl (C=O) groups excluding carboxylic acids is 1. The maximum atomic E-state index is 12.4. The quantitative estimate of drug-likeness (QED) is 0.740. The van der Waals surface area contributed by atoms with Crippen molar-refractivity contribution in [3.05, 3.63) is 45.7 Å². The fourth-order valence-corrected chi connectivity index (χ4v) is 3.15. The van der Waals surface area contributed by atoms with Gasteiger partial charge in [0.05, 0.1) is 29.0 Å². The topological polar surface area (TPSA) is 64.5 Å². The van der Waals surface area contributed by atoms with Crippen molar-refractivity contribution in [1.29, 1.82) is 0 Å². The van der Waals surface area contributed by atoms with Crippen LogP contribution in [0.1, 0.15) is 12.8 Å². The van der Waals surface area contributed by atoms with E-state index < -0.39 is 0 Å². The number of rotatable bonds is 5. The zero-order valence-electron chi connectivity index (χ0n) is 13.7. The van der Waals surface area contributed by atoms with E-state index in [1.807, 2.05) is 0 Å². The van der Waals surface area contributed by atoms with Gasteiger partial charge in [-0.05, 0) is 31.0 Å². The third-order valence-corrected chi connectivity index (χ3v) is 4.57. The molecule has 9 heteroatoms. The summed E-state index contributed by atoms with van der Waals surface area (Å²) in [6.07, 6.45) is 4.41. The van der Waals surface area contributed by atoms with Gasteiger partial charge in [-0.25, -0.2) is 9.97 Å². The highest BCUT2D eigenvalue weighted by Crippen LogP contribution is 2.27. The SMILES string of the molecule is O=C(COc1ccc(Cl)cc1Cl)N1CCC[C@H](Oc2ncc(Cl)cn2)C1. The minimum absolute atomic E-state index is 0.106. The standard InChI is InChI=1S/C17H16Cl3N3O3/c18-11-3-4-15(14(20)6-11)25-10-16(24)23-5-1-2-13(9-23)26-17-21-7-12(19)8-22-17/h3-4,6-8,13H,1-2,5,9-10H2/t13-/m0/s1. The number of halogens is 3. The monoisotopic (exact) mass is 415 g/mol. The lowest BCUT2D eigenvalue weighted by molar-refractivity contribution is -0.136. The Hall–Kier alpha value is -1.76. The molecule has 0 spiro atoms. The normalized spacial score (nSPS) is 17.0. The van der Waals surface area contributed by atoms with E-state index in [9.17, 15) is 4.79 Å². The molecule has 1 amide bonds. The summed E-state index contributed by atoms with van der Waals surface area (Å²) >= 11 is 17.7. The van der Waals surface area contributed by atoms with Gasteiger partial charge in [-0.15, -0.1) is 0 Å². The lowest BCUT2D eigenvalue weighted by atomic mass is 10.1. The molecule has 1 saturated heterocycles. The average molecular weight is 417 g/mol. The van der Waals surface area contributed by atoms with Crippen molar-refractivity contribution in [3.8, 4) is 11.8 Å². The van der Waals surface area contributed by atoms with Gasteiger partial charge in [0.1, 0.15) is 11.9 Å². The van der Waals surface area contributed by atoms with E-state index in [1.54, 1.807) is 23.1 Å². The first-order valence-electron chi connectivity index (χ1n) is 8.01. The summed E-state index contributed by atoms with van der Waals surface area (Å²) in [6.45, 7) is 0.992. The molecule has 26 heavy (non-hydrogen) atoms. The molecule has 0 saturated carbocycles. The van der Waals surface area contributed by atoms with Crippen LogP contribution in [0.15, 0.2) is 30.6 Å². The molecule has 1 aliphatic rings. The molecule has 0 radical (unpaired) electrons. The van der Waals surface area contributed by atoms with E-state index in [0.717, 1.165) is 12.8 Å². The number of hydrogen-bond acceptors (Lipinski definition) is 5. The number of likely N-dealkylation sites (tertiary alicyclic amines) is 1. The molecule has 0 bridgehead atoms. The highest BCUT2D eigenvalue weighted by molar-refractivity contribution is 6.35. The van der Waals surface area contributed by atoms with Gasteiger partial charge >= 0.3 is 6.01 Å². The van der Waals surface area contributed by atoms with Crippen LogP contribution in [0.5, 0.6) is 11.8 Å². The van der Waals surface area contributed by atoms with E-state index >= 15 is 0 Å². The van der Waals surface area contributed by atoms with E-state index in [0.29, 0.717) is 33.9 Å². The minimum Gasteiger partial charge on any atom is -0.482 e. The van der Waals surface area contributed by atoms with Gasteiger partial charge < -0.3 is 14.4 Å². The van der Waals surface area contributed by atoms with Crippen molar-refractivity contribution < 1.29 is 14.3 Å². The van der Waals surface area contributed by atoms with Crippen LogP contribution in [0.4, 0.5) is 0 Å². The summed E-state index contributed by atoms with van der Waals surface area (Å²) in [5.41, 5.74) is 0. The van der Waals surface area contributed by atoms with E-state index in [1.165, 1.54) is 12.4 Å². The summed E-state index contributed by atoms with van der Waals surface area (Å²) in [4.78, 5) is 22.2. The fourth-order valence-electron chi connectivity index (χ4n) is 2.59. The van der Waals surface area contributed by atoms with E-state index in [-0.39, 0.29) is 24.6 Å². The van der Waals surface area contributed by atoms with Crippen LogP contribution in [0.2, 0.25) is 15.1 Å². The van der Waals surface area contributed by atoms with E-state index in [2.05, 4.69) is 9.97 Å². The smallest absolute Gasteiger partial charge is 0.316 e. The Balaban J connectivity index is 1.53. The largest absolute Gasteiger partial charge is 0.482 e. The molecule has 6 nitrogen and oxygen atoms in total. The van der Waals surface area contributed by atoms with Crippen molar-refractivity contribution in [2.75, 3.05) is 19.7 Å². The second-order valence-corrected chi connectivity index (χ2v) is 7.05. The van der Waals surface area contributed by atoms with Gasteiger partial charge in [-0.1, -0.05) is 34.8 Å².